The molecule has 5 heteroatoms. The van der Waals surface area contributed by atoms with Crippen molar-refractivity contribution >= 4 is 32.3 Å². The number of halogens is 3. The summed E-state index contributed by atoms with van der Waals surface area (Å²) >= 11 is 0. The highest BCUT2D eigenvalue weighted by atomic mass is 19.4. The van der Waals surface area contributed by atoms with Crippen LogP contribution in [0.15, 0.2) is 66.7 Å². The summed E-state index contributed by atoms with van der Waals surface area (Å²) in [5.74, 6) is 0.171. The molecule has 5 aromatic rings. The zero-order valence-corrected chi connectivity index (χ0v) is 14.4. The number of alkyl halides is 3. The summed E-state index contributed by atoms with van der Waals surface area (Å²) in [6, 6.07) is 17.2. The SMILES string of the molecule is Oc1cc2ccc3cc(O)c(-c4ccc(C(F)(F)F)cc4)c4ccc(c1)c2c34. The van der Waals surface area contributed by atoms with Crippen LogP contribution in [-0.2, 0) is 6.18 Å². The molecule has 0 saturated heterocycles. The van der Waals surface area contributed by atoms with Crippen molar-refractivity contribution in [1.82, 2.24) is 0 Å². The van der Waals surface area contributed by atoms with Crippen molar-refractivity contribution in [3.8, 4) is 22.6 Å². The maximum atomic E-state index is 12.9. The fourth-order valence-electron chi connectivity index (χ4n) is 3.99. The number of hydrogen-bond donors (Lipinski definition) is 2. The van der Waals surface area contributed by atoms with Gasteiger partial charge in [-0.1, -0.05) is 36.4 Å². The third-order valence-corrected chi connectivity index (χ3v) is 5.18. The first-order valence-electron chi connectivity index (χ1n) is 8.64. The van der Waals surface area contributed by atoms with Gasteiger partial charge in [-0.25, -0.2) is 0 Å². The quantitative estimate of drug-likeness (QED) is 0.319. The molecule has 5 rings (SSSR count). The van der Waals surface area contributed by atoms with Crippen LogP contribution < -0.4 is 0 Å². The van der Waals surface area contributed by atoms with Gasteiger partial charge < -0.3 is 10.2 Å². The van der Waals surface area contributed by atoms with Crippen LogP contribution in [0, 0.1) is 0 Å². The molecule has 5 aromatic carbocycles. The normalized spacial score (nSPS) is 12.4. The Labute approximate surface area is 157 Å². The molecule has 0 aliphatic heterocycles. The van der Waals surface area contributed by atoms with Crippen LogP contribution in [0.1, 0.15) is 5.56 Å². The van der Waals surface area contributed by atoms with Crippen molar-refractivity contribution in [1.29, 1.82) is 0 Å². The first-order valence-corrected chi connectivity index (χ1v) is 8.64. The fraction of sp³-hybridized carbons (Fsp3) is 0.0435. The molecule has 0 atom stereocenters. The van der Waals surface area contributed by atoms with E-state index in [1.165, 1.54) is 12.1 Å². The van der Waals surface area contributed by atoms with Gasteiger partial charge in [0, 0.05) is 5.56 Å². The van der Waals surface area contributed by atoms with Crippen LogP contribution in [0.3, 0.4) is 0 Å². The van der Waals surface area contributed by atoms with Gasteiger partial charge in [-0.15, -0.1) is 0 Å². The summed E-state index contributed by atoms with van der Waals surface area (Å²) in [7, 11) is 0. The summed E-state index contributed by atoms with van der Waals surface area (Å²) in [4.78, 5) is 0. The van der Waals surface area contributed by atoms with E-state index < -0.39 is 11.7 Å². The molecule has 138 valence electrons. The number of aromatic hydroxyl groups is 2. The zero-order valence-electron chi connectivity index (χ0n) is 14.4. The number of benzene rings is 5. The summed E-state index contributed by atoms with van der Waals surface area (Å²) in [6.45, 7) is 0. The molecular formula is C23H13F3O2. The van der Waals surface area contributed by atoms with Gasteiger partial charge in [0.05, 0.1) is 5.56 Å². The third-order valence-electron chi connectivity index (χ3n) is 5.18. The monoisotopic (exact) mass is 378 g/mol. The Morgan fingerprint density at radius 2 is 1.21 bits per heavy atom. The van der Waals surface area contributed by atoms with Crippen LogP contribution in [-0.4, -0.2) is 10.2 Å². The minimum atomic E-state index is -4.41. The Hall–Kier alpha value is -3.47. The van der Waals surface area contributed by atoms with Crippen molar-refractivity contribution < 1.29 is 23.4 Å². The van der Waals surface area contributed by atoms with Gasteiger partial charge in [0.1, 0.15) is 11.5 Å². The second kappa shape index (κ2) is 5.52. The van der Waals surface area contributed by atoms with E-state index in [0.29, 0.717) is 11.1 Å². The molecule has 0 bridgehead atoms. The van der Waals surface area contributed by atoms with E-state index >= 15 is 0 Å². The van der Waals surface area contributed by atoms with Gasteiger partial charge in [-0.2, -0.15) is 13.2 Å². The van der Waals surface area contributed by atoms with Crippen molar-refractivity contribution in [3.63, 3.8) is 0 Å². The van der Waals surface area contributed by atoms with Crippen molar-refractivity contribution in [2.75, 3.05) is 0 Å². The Kier molecular flexibility index (Phi) is 3.29. The zero-order chi connectivity index (χ0) is 19.6. The minimum absolute atomic E-state index is 0.00786. The lowest BCUT2D eigenvalue weighted by atomic mass is 9.89. The highest BCUT2D eigenvalue weighted by Crippen LogP contribution is 2.44. The van der Waals surface area contributed by atoms with Crippen molar-refractivity contribution in [2.45, 2.75) is 6.18 Å². The lowest BCUT2D eigenvalue weighted by Crippen LogP contribution is -2.04. The van der Waals surface area contributed by atoms with Crippen LogP contribution in [0.2, 0.25) is 0 Å². The summed E-state index contributed by atoms with van der Waals surface area (Å²) in [6.07, 6.45) is -4.41. The molecule has 0 fully saturated rings. The first-order chi connectivity index (χ1) is 13.3. The molecule has 0 saturated carbocycles. The van der Waals surface area contributed by atoms with Crippen LogP contribution in [0.4, 0.5) is 13.2 Å². The molecule has 0 aliphatic rings. The van der Waals surface area contributed by atoms with E-state index in [1.54, 1.807) is 18.2 Å². The Balaban J connectivity index is 1.85. The summed E-state index contributed by atoms with van der Waals surface area (Å²) < 4.78 is 38.7. The van der Waals surface area contributed by atoms with Gasteiger partial charge in [0.15, 0.2) is 0 Å². The van der Waals surface area contributed by atoms with Gasteiger partial charge in [-0.05, 0) is 68.2 Å². The van der Waals surface area contributed by atoms with Crippen LogP contribution >= 0.6 is 0 Å². The molecule has 0 radical (unpaired) electrons. The van der Waals surface area contributed by atoms with Gasteiger partial charge >= 0.3 is 6.18 Å². The molecule has 0 unspecified atom stereocenters. The second-order valence-corrected chi connectivity index (χ2v) is 6.89. The van der Waals surface area contributed by atoms with Gasteiger partial charge in [0.25, 0.3) is 0 Å². The van der Waals surface area contributed by atoms with Crippen LogP contribution in [0.5, 0.6) is 11.5 Å². The topological polar surface area (TPSA) is 40.5 Å². The maximum Gasteiger partial charge on any atom is 0.416 e. The molecular weight excluding hydrogens is 365 g/mol. The Morgan fingerprint density at radius 3 is 1.82 bits per heavy atom. The second-order valence-electron chi connectivity index (χ2n) is 6.89. The number of rotatable bonds is 1. The molecule has 0 aromatic heterocycles. The van der Waals surface area contributed by atoms with E-state index in [-0.39, 0.29) is 11.5 Å². The average molecular weight is 378 g/mol. The predicted molar refractivity (Wildman–Crippen MR) is 104 cm³/mol. The maximum absolute atomic E-state index is 12.9. The molecule has 0 heterocycles. The van der Waals surface area contributed by atoms with E-state index in [4.69, 9.17) is 0 Å². The molecule has 0 aliphatic carbocycles. The highest BCUT2D eigenvalue weighted by Gasteiger charge is 2.30. The van der Waals surface area contributed by atoms with E-state index in [9.17, 15) is 23.4 Å². The van der Waals surface area contributed by atoms with E-state index in [0.717, 1.165) is 44.5 Å². The largest absolute Gasteiger partial charge is 0.508 e. The van der Waals surface area contributed by atoms with Crippen molar-refractivity contribution in [2.24, 2.45) is 0 Å². The third kappa shape index (κ3) is 2.36. The lowest BCUT2D eigenvalue weighted by Gasteiger charge is -2.16. The Bertz CT molecular complexity index is 1330. The Morgan fingerprint density at radius 1 is 0.643 bits per heavy atom. The first kappa shape index (κ1) is 16.7. The average Bonchev–Trinajstić information content (AvgIpc) is 2.64. The van der Waals surface area contributed by atoms with E-state index in [2.05, 4.69) is 0 Å². The summed E-state index contributed by atoms with van der Waals surface area (Å²) in [5.41, 5.74) is 0.263. The minimum Gasteiger partial charge on any atom is -0.508 e. The molecule has 0 spiro atoms. The number of phenolic OH excluding ortho intramolecular Hbond substituents is 2. The number of phenols is 2. The van der Waals surface area contributed by atoms with Crippen molar-refractivity contribution in [3.05, 3.63) is 72.3 Å². The lowest BCUT2D eigenvalue weighted by molar-refractivity contribution is -0.137. The number of hydrogen-bond acceptors (Lipinski definition) is 2. The predicted octanol–water partition coefficient (Wildman–Crippen LogP) is 6.68. The van der Waals surface area contributed by atoms with E-state index in [1.807, 2.05) is 24.3 Å². The highest BCUT2D eigenvalue weighted by molar-refractivity contribution is 6.26. The smallest absolute Gasteiger partial charge is 0.416 e. The molecule has 2 N–H and O–H groups in total. The van der Waals surface area contributed by atoms with Gasteiger partial charge in [-0.3, -0.25) is 0 Å². The van der Waals surface area contributed by atoms with Gasteiger partial charge in [0.2, 0.25) is 0 Å². The molecule has 0 amide bonds. The standard InChI is InChI=1S/C23H13F3O2/c24-23(25,26)16-6-3-12(4-7-16)21-18-8-5-14-10-17(27)9-13-1-2-15(11-19(21)28)22(18)20(13)14/h1-11,27-28H. The molecule has 2 nitrogen and oxygen atoms in total. The van der Waals surface area contributed by atoms with Crippen LogP contribution in [0.25, 0.3) is 43.4 Å². The summed E-state index contributed by atoms with van der Waals surface area (Å²) in [5, 5.41) is 25.7. The molecule has 28 heavy (non-hydrogen) atoms. The fourth-order valence-corrected chi connectivity index (χ4v) is 3.99.